The van der Waals surface area contributed by atoms with Crippen LogP contribution in [-0.4, -0.2) is 47.2 Å². The number of H-pyrrole nitrogens is 4. The Morgan fingerprint density at radius 2 is 1.28 bits per heavy atom. The summed E-state index contributed by atoms with van der Waals surface area (Å²) in [5.41, 5.74) is 9.65. The van der Waals surface area contributed by atoms with Gasteiger partial charge in [-0.15, -0.1) is 0 Å². The van der Waals surface area contributed by atoms with Gasteiger partial charge >= 0.3 is 11.9 Å². The number of hydrogen-bond acceptors (Lipinski definition) is 3. The summed E-state index contributed by atoms with van der Waals surface area (Å²) in [6.45, 7) is 15.8. The van der Waals surface area contributed by atoms with Crippen molar-refractivity contribution in [1.29, 1.82) is 0 Å². The first-order chi connectivity index (χ1) is 20.4. The summed E-state index contributed by atoms with van der Waals surface area (Å²) in [5, 5.41) is 33.4. The second kappa shape index (κ2) is 11.2. The van der Waals surface area contributed by atoms with Gasteiger partial charge in [0.05, 0.1) is 11.0 Å². The standard InChI is InChI=1S/C34H36N4O5/c1-7-20-16(3)24-14-27-21(8-2)18(5)32(37-27)34(43)33-19(6)23(10-12-31(41)42)29(38-33)15-28-22(9-11-30(39)40)17(4)25(36-28)13-26(20)35-24/h7-8,13-15,35-38,43H,1-2,9-12H2,3-6H3,(H,39,40)(H,41,42). The van der Waals surface area contributed by atoms with Crippen LogP contribution >= 0.6 is 0 Å². The zero-order chi connectivity index (χ0) is 31.2. The molecule has 222 valence electrons. The predicted octanol–water partition coefficient (Wildman–Crippen LogP) is 3.07. The molecule has 9 heteroatoms. The fraction of sp³-hybridized carbons (Fsp3) is 0.235. The first-order valence-electron chi connectivity index (χ1n) is 14.1. The zero-order valence-corrected chi connectivity index (χ0v) is 24.8. The molecule has 5 rings (SSSR count). The maximum absolute atomic E-state index is 11.7. The Morgan fingerprint density at radius 3 is 1.91 bits per heavy atom. The lowest BCUT2D eigenvalue weighted by Gasteiger charge is -2.02. The van der Waals surface area contributed by atoms with Gasteiger partial charge in [-0.3, -0.25) is 9.59 Å². The van der Waals surface area contributed by atoms with Gasteiger partial charge in [0.25, 0.3) is 0 Å². The number of carbonyl (C=O) groups is 2. The highest BCUT2D eigenvalue weighted by atomic mass is 16.4. The molecule has 0 amide bonds. The van der Waals surface area contributed by atoms with Crippen LogP contribution in [-0.2, 0) is 22.4 Å². The molecule has 0 radical (unpaired) electrons. The number of rotatable bonds is 8. The van der Waals surface area contributed by atoms with E-state index in [-0.39, 0.29) is 25.0 Å². The Kier molecular flexibility index (Phi) is 7.67. The van der Waals surface area contributed by atoms with E-state index in [0.29, 0.717) is 28.5 Å². The number of aromatic nitrogens is 4. The Labute approximate surface area is 248 Å². The molecule has 9 nitrogen and oxygen atoms in total. The maximum atomic E-state index is 11.7. The SMILES string of the molecule is C=Cc1c2[nH]c(c1C)C(O)=c1[nH]c(c(CCC(=O)O)c1C)=Cc1[nH]c(c(C)c1CCC(=O)O)C=c1[nH]c(c(C)c1C=C)=C2. The largest absolute Gasteiger partial charge is 0.504 e. The normalized spacial score (nSPS) is 12.3. The molecule has 0 aliphatic carbocycles. The van der Waals surface area contributed by atoms with E-state index in [1.165, 1.54) is 0 Å². The summed E-state index contributed by atoms with van der Waals surface area (Å²) in [4.78, 5) is 36.8. The van der Waals surface area contributed by atoms with E-state index in [1.54, 1.807) is 12.2 Å². The van der Waals surface area contributed by atoms with E-state index in [9.17, 15) is 24.9 Å². The summed E-state index contributed by atoms with van der Waals surface area (Å²) < 4.78 is 0. The molecule has 0 saturated heterocycles. The van der Waals surface area contributed by atoms with E-state index in [1.807, 2.05) is 45.9 Å². The van der Waals surface area contributed by atoms with Crippen LogP contribution in [0.15, 0.2) is 13.2 Å². The molecule has 1 aliphatic heterocycles. The first-order valence-corrected chi connectivity index (χ1v) is 14.1. The third kappa shape index (κ3) is 5.18. The van der Waals surface area contributed by atoms with Gasteiger partial charge in [0.15, 0.2) is 5.76 Å². The number of aromatic amines is 4. The second-order valence-electron chi connectivity index (χ2n) is 11.0. The van der Waals surface area contributed by atoms with Crippen LogP contribution in [0.3, 0.4) is 0 Å². The third-order valence-electron chi connectivity index (χ3n) is 8.49. The number of carboxylic acid groups (broad SMARTS) is 2. The molecule has 43 heavy (non-hydrogen) atoms. The van der Waals surface area contributed by atoms with Crippen LogP contribution in [0, 0.1) is 27.7 Å². The smallest absolute Gasteiger partial charge is 0.303 e. The molecular formula is C34H36N4O5. The van der Waals surface area contributed by atoms with Gasteiger partial charge in [-0.25, -0.2) is 0 Å². The Balaban J connectivity index is 1.96. The van der Waals surface area contributed by atoms with Gasteiger partial charge in [-0.1, -0.05) is 25.3 Å². The zero-order valence-electron chi connectivity index (χ0n) is 24.8. The molecule has 0 fully saturated rings. The number of aliphatic hydroxyl groups excluding tert-OH is 1. The summed E-state index contributed by atoms with van der Waals surface area (Å²) in [7, 11) is 0. The van der Waals surface area contributed by atoms with Gasteiger partial charge in [-0.05, 0) is 92.1 Å². The van der Waals surface area contributed by atoms with Crippen LogP contribution in [0.2, 0.25) is 0 Å². The van der Waals surface area contributed by atoms with E-state index < -0.39 is 11.9 Å². The van der Waals surface area contributed by atoms with Crippen LogP contribution in [0.1, 0.15) is 80.1 Å². The number of aliphatic hydroxyl groups is 1. The number of aliphatic carboxylic acids is 2. The van der Waals surface area contributed by atoms with Crippen molar-refractivity contribution < 1.29 is 24.9 Å². The lowest BCUT2D eigenvalue weighted by molar-refractivity contribution is -0.138. The van der Waals surface area contributed by atoms with Gasteiger partial charge in [-0.2, -0.15) is 0 Å². The maximum Gasteiger partial charge on any atom is 0.303 e. The first kappa shape index (κ1) is 29.3. The van der Waals surface area contributed by atoms with Crippen LogP contribution in [0.25, 0.3) is 36.1 Å². The van der Waals surface area contributed by atoms with Crippen molar-refractivity contribution >= 4 is 48.1 Å². The molecule has 4 aromatic heterocycles. The van der Waals surface area contributed by atoms with Gasteiger partial charge in [0, 0.05) is 57.1 Å². The van der Waals surface area contributed by atoms with Crippen molar-refractivity contribution in [3.63, 3.8) is 0 Å². The van der Waals surface area contributed by atoms with Crippen LogP contribution in [0.5, 0.6) is 0 Å². The molecule has 1 aliphatic rings. The molecule has 0 spiro atoms. The molecule has 0 aromatic carbocycles. The number of hydrogen-bond donors (Lipinski definition) is 7. The average Bonchev–Trinajstić information content (AvgIpc) is 3.63. The van der Waals surface area contributed by atoms with E-state index in [0.717, 1.165) is 66.6 Å². The molecule has 7 N–H and O–H groups in total. The lowest BCUT2D eigenvalue weighted by Crippen LogP contribution is -2.16. The van der Waals surface area contributed by atoms with Gasteiger partial charge < -0.3 is 35.3 Å². The number of fused-ring (bicyclic) bond motifs is 8. The van der Waals surface area contributed by atoms with Crippen molar-refractivity contribution in [3.05, 3.63) is 102 Å². The highest BCUT2D eigenvalue weighted by molar-refractivity contribution is 5.74. The highest BCUT2D eigenvalue weighted by Crippen LogP contribution is 2.25. The topological polar surface area (TPSA) is 158 Å². The van der Waals surface area contributed by atoms with Crippen molar-refractivity contribution in [3.8, 4) is 0 Å². The molecule has 0 saturated carbocycles. The minimum atomic E-state index is -0.927. The van der Waals surface area contributed by atoms with E-state index >= 15 is 0 Å². The molecule has 0 unspecified atom stereocenters. The summed E-state index contributed by atoms with van der Waals surface area (Å²) in [6.07, 6.45) is 9.83. The molecule has 4 aromatic rings. The van der Waals surface area contributed by atoms with Gasteiger partial charge in [0.1, 0.15) is 0 Å². The predicted molar refractivity (Wildman–Crippen MR) is 169 cm³/mol. The average molecular weight is 581 g/mol. The summed E-state index contributed by atoms with van der Waals surface area (Å²) in [6, 6.07) is 0. The van der Waals surface area contributed by atoms with Crippen molar-refractivity contribution in [2.45, 2.75) is 53.4 Å². The second-order valence-corrected chi connectivity index (χ2v) is 11.0. The van der Waals surface area contributed by atoms with E-state index in [4.69, 9.17) is 0 Å². The number of nitrogens with one attached hydrogen (secondary N) is 4. The fourth-order valence-corrected chi connectivity index (χ4v) is 6.05. The number of carboxylic acids is 2. The van der Waals surface area contributed by atoms with Crippen molar-refractivity contribution in [2.24, 2.45) is 0 Å². The quantitative estimate of drug-likeness (QED) is 0.170. The molecule has 0 atom stereocenters. The van der Waals surface area contributed by atoms with Gasteiger partial charge in [0.2, 0.25) is 0 Å². The lowest BCUT2D eigenvalue weighted by atomic mass is 10.0. The molecule has 8 bridgehead atoms. The molecule has 5 heterocycles. The van der Waals surface area contributed by atoms with Crippen LogP contribution < -0.4 is 21.4 Å². The summed E-state index contributed by atoms with van der Waals surface area (Å²) in [5.74, 6) is -1.83. The third-order valence-corrected chi connectivity index (χ3v) is 8.49. The minimum absolute atomic E-state index is 0.000430. The Morgan fingerprint density at radius 1 is 0.674 bits per heavy atom. The minimum Gasteiger partial charge on any atom is -0.504 e. The van der Waals surface area contributed by atoms with Crippen molar-refractivity contribution in [1.82, 2.24) is 19.9 Å². The fourth-order valence-electron chi connectivity index (χ4n) is 6.05. The monoisotopic (exact) mass is 580 g/mol. The van der Waals surface area contributed by atoms with Crippen LogP contribution in [0.4, 0.5) is 0 Å². The van der Waals surface area contributed by atoms with Crippen molar-refractivity contribution in [2.75, 3.05) is 0 Å². The Bertz CT molecular complexity index is 2080. The molecular weight excluding hydrogens is 544 g/mol. The summed E-state index contributed by atoms with van der Waals surface area (Å²) >= 11 is 0. The highest BCUT2D eigenvalue weighted by Gasteiger charge is 2.20. The van der Waals surface area contributed by atoms with E-state index in [2.05, 4.69) is 33.1 Å². The Hall–Kier alpha value is -5.18.